The zero-order valence-corrected chi connectivity index (χ0v) is 11.2. The van der Waals surface area contributed by atoms with Crippen molar-refractivity contribution in [1.82, 2.24) is 5.32 Å². The van der Waals surface area contributed by atoms with Gasteiger partial charge in [-0.3, -0.25) is 0 Å². The number of rotatable bonds is 4. The minimum atomic E-state index is -2.55. The highest BCUT2D eigenvalue weighted by Gasteiger charge is 2.24. The molecule has 0 saturated carbocycles. The van der Waals surface area contributed by atoms with Crippen LogP contribution < -0.4 is 14.8 Å². The Morgan fingerprint density at radius 3 is 2.47 bits per heavy atom. The highest BCUT2D eigenvalue weighted by Crippen LogP contribution is 2.39. The van der Waals surface area contributed by atoms with E-state index in [0.717, 1.165) is 31.5 Å². The number of nitrogens with one attached hydrogen (secondary N) is 1. The molecule has 1 unspecified atom stereocenters. The van der Waals surface area contributed by atoms with Crippen molar-refractivity contribution >= 4 is 0 Å². The molecular formula is C14H19F2NO2. The third-order valence-electron chi connectivity index (χ3n) is 3.55. The molecule has 0 spiro atoms. The molecular weight excluding hydrogens is 252 g/mol. The lowest BCUT2D eigenvalue weighted by atomic mass is 9.89. The summed E-state index contributed by atoms with van der Waals surface area (Å²) in [5.41, 5.74) is 0.773. The summed E-state index contributed by atoms with van der Waals surface area (Å²) in [7, 11) is 2.94. The molecule has 3 nitrogen and oxygen atoms in total. The first kappa shape index (κ1) is 14.1. The largest absolute Gasteiger partial charge is 0.496 e. The Kier molecular flexibility index (Phi) is 4.58. The highest BCUT2D eigenvalue weighted by molar-refractivity contribution is 5.49. The number of benzene rings is 1. The highest BCUT2D eigenvalue weighted by atomic mass is 19.3. The molecule has 1 heterocycles. The second kappa shape index (κ2) is 6.19. The van der Waals surface area contributed by atoms with E-state index in [0.29, 0.717) is 5.75 Å². The van der Waals surface area contributed by atoms with Crippen molar-refractivity contribution < 1.29 is 18.3 Å². The van der Waals surface area contributed by atoms with Crippen LogP contribution in [0.1, 0.15) is 36.3 Å². The summed E-state index contributed by atoms with van der Waals surface area (Å²) in [5.74, 6) is 1.02. The van der Waals surface area contributed by atoms with Crippen molar-refractivity contribution in [3.8, 4) is 11.5 Å². The maximum absolute atomic E-state index is 13.1. The average molecular weight is 271 g/mol. The fourth-order valence-corrected chi connectivity index (χ4v) is 2.56. The molecule has 1 aromatic rings. The Balaban J connectivity index is 2.42. The van der Waals surface area contributed by atoms with Gasteiger partial charge >= 0.3 is 0 Å². The lowest BCUT2D eigenvalue weighted by Gasteiger charge is -2.25. The molecule has 0 aliphatic carbocycles. The second-order valence-corrected chi connectivity index (χ2v) is 4.68. The Labute approximate surface area is 111 Å². The van der Waals surface area contributed by atoms with E-state index in [-0.39, 0.29) is 17.2 Å². The van der Waals surface area contributed by atoms with Crippen LogP contribution in [0.15, 0.2) is 12.1 Å². The van der Waals surface area contributed by atoms with Crippen molar-refractivity contribution in [1.29, 1.82) is 0 Å². The molecule has 19 heavy (non-hydrogen) atoms. The van der Waals surface area contributed by atoms with Crippen molar-refractivity contribution in [3.05, 3.63) is 23.3 Å². The second-order valence-electron chi connectivity index (χ2n) is 4.68. The minimum Gasteiger partial charge on any atom is -0.496 e. The number of halogens is 2. The summed E-state index contributed by atoms with van der Waals surface area (Å²) in [6.07, 6.45) is -0.515. The summed E-state index contributed by atoms with van der Waals surface area (Å²) >= 11 is 0. The maximum atomic E-state index is 13.1. The predicted octanol–water partition coefficient (Wildman–Crippen LogP) is 3.11. The summed E-state index contributed by atoms with van der Waals surface area (Å²) in [6.45, 7) is 1.78. The van der Waals surface area contributed by atoms with E-state index < -0.39 is 6.43 Å². The Morgan fingerprint density at radius 2 is 1.95 bits per heavy atom. The van der Waals surface area contributed by atoms with Crippen LogP contribution >= 0.6 is 0 Å². The number of ether oxygens (including phenoxy) is 2. The molecule has 0 bridgehead atoms. The normalized spacial score (nSPS) is 19.5. The maximum Gasteiger partial charge on any atom is 0.267 e. The number of hydrogen-bond donors (Lipinski definition) is 1. The monoisotopic (exact) mass is 271 g/mol. The molecule has 0 aromatic heterocycles. The zero-order valence-electron chi connectivity index (χ0n) is 11.2. The predicted molar refractivity (Wildman–Crippen MR) is 69.3 cm³/mol. The van der Waals surface area contributed by atoms with Gasteiger partial charge in [-0.15, -0.1) is 0 Å². The van der Waals surface area contributed by atoms with Gasteiger partial charge in [-0.2, -0.15) is 0 Å². The Bertz CT molecular complexity index is 432. The van der Waals surface area contributed by atoms with Gasteiger partial charge in [0.25, 0.3) is 6.43 Å². The van der Waals surface area contributed by atoms with Gasteiger partial charge in [0.05, 0.1) is 19.8 Å². The molecule has 1 aromatic carbocycles. The third-order valence-corrected chi connectivity index (χ3v) is 3.55. The summed E-state index contributed by atoms with van der Waals surface area (Å²) in [5, 5.41) is 3.29. The molecule has 1 atom stereocenters. The van der Waals surface area contributed by atoms with E-state index in [2.05, 4.69) is 5.32 Å². The van der Waals surface area contributed by atoms with Gasteiger partial charge in [-0.05, 0) is 31.0 Å². The average Bonchev–Trinajstić information content (AvgIpc) is 2.46. The topological polar surface area (TPSA) is 30.5 Å². The van der Waals surface area contributed by atoms with Crippen molar-refractivity contribution in [2.45, 2.75) is 25.2 Å². The van der Waals surface area contributed by atoms with E-state index in [1.54, 1.807) is 13.2 Å². The molecule has 1 fully saturated rings. The summed E-state index contributed by atoms with van der Waals surface area (Å²) in [6, 6.07) is 3.09. The van der Waals surface area contributed by atoms with Crippen LogP contribution in [0.2, 0.25) is 0 Å². The van der Waals surface area contributed by atoms with E-state index in [9.17, 15) is 8.78 Å². The van der Waals surface area contributed by atoms with Gasteiger partial charge < -0.3 is 14.8 Å². The molecule has 106 valence electrons. The Morgan fingerprint density at radius 1 is 1.21 bits per heavy atom. The van der Waals surface area contributed by atoms with Gasteiger partial charge in [-0.1, -0.05) is 0 Å². The quantitative estimate of drug-likeness (QED) is 0.912. The number of piperidine rings is 1. The lowest BCUT2D eigenvalue weighted by molar-refractivity contribution is 0.146. The van der Waals surface area contributed by atoms with Gasteiger partial charge in [0.15, 0.2) is 0 Å². The zero-order chi connectivity index (χ0) is 13.8. The first-order valence-electron chi connectivity index (χ1n) is 6.42. The summed E-state index contributed by atoms with van der Waals surface area (Å²) < 4.78 is 36.5. The van der Waals surface area contributed by atoms with Crippen molar-refractivity contribution in [2.75, 3.05) is 27.3 Å². The van der Waals surface area contributed by atoms with Gasteiger partial charge in [0, 0.05) is 18.5 Å². The van der Waals surface area contributed by atoms with Crippen LogP contribution in [0.4, 0.5) is 8.78 Å². The first-order chi connectivity index (χ1) is 9.17. The van der Waals surface area contributed by atoms with Crippen LogP contribution in [0.3, 0.4) is 0 Å². The van der Waals surface area contributed by atoms with E-state index in [4.69, 9.17) is 9.47 Å². The molecule has 1 N–H and O–H groups in total. The molecule has 1 aliphatic heterocycles. The van der Waals surface area contributed by atoms with E-state index in [1.807, 2.05) is 0 Å². The molecule has 1 saturated heterocycles. The Hall–Kier alpha value is -1.36. The van der Waals surface area contributed by atoms with Crippen molar-refractivity contribution in [2.24, 2.45) is 0 Å². The third kappa shape index (κ3) is 2.97. The first-order valence-corrected chi connectivity index (χ1v) is 6.42. The SMILES string of the molecule is COc1cc(OC)c(C2CCCNC2)cc1C(F)F. The van der Waals surface area contributed by atoms with Crippen LogP contribution in [0.25, 0.3) is 0 Å². The van der Waals surface area contributed by atoms with Gasteiger partial charge in [0.2, 0.25) is 0 Å². The minimum absolute atomic E-state index is 0.0659. The fourth-order valence-electron chi connectivity index (χ4n) is 2.56. The standard InChI is InChI=1S/C14H19F2NO2/c1-18-12-7-13(19-2)11(14(15)16)6-10(12)9-4-3-5-17-8-9/h6-7,9,14,17H,3-5,8H2,1-2H3. The number of hydrogen-bond acceptors (Lipinski definition) is 3. The fraction of sp³-hybridized carbons (Fsp3) is 0.571. The molecule has 2 rings (SSSR count). The van der Waals surface area contributed by atoms with Crippen molar-refractivity contribution in [3.63, 3.8) is 0 Å². The molecule has 5 heteroatoms. The number of alkyl halides is 2. The summed E-state index contributed by atoms with van der Waals surface area (Å²) in [4.78, 5) is 0. The van der Waals surface area contributed by atoms with Crippen LogP contribution in [0.5, 0.6) is 11.5 Å². The molecule has 0 amide bonds. The van der Waals surface area contributed by atoms with Crippen LogP contribution in [0, 0.1) is 0 Å². The molecule has 1 aliphatic rings. The number of methoxy groups -OCH3 is 2. The lowest BCUT2D eigenvalue weighted by Crippen LogP contribution is -2.28. The van der Waals surface area contributed by atoms with Crippen LogP contribution in [-0.4, -0.2) is 27.3 Å². The molecule has 0 radical (unpaired) electrons. The smallest absolute Gasteiger partial charge is 0.267 e. The van der Waals surface area contributed by atoms with Gasteiger partial charge in [0.1, 0.15) is 11.5 Å². The van der Waals surface area contributed by atoms with E-state index >= 15 is 0 Å². The van der Waals surface area contributed by atoms with E-state index in [1.165, 1.54) is 13.2 Å². The van der Waals surface area contributed by atoms with Crippen LogP contribution in [-0.2, 0) is 0 Å². The van der Waals surface area contributed by atoms with Gasteiger partial charge in [-0.25, -0.2) is 8.78 Å².